The molecule has 122 valence electrons. The van der Waals surface area contributed by atoms with Crippen molar-refractivity contribution in [3.8, 4) is 0 Å². The molecular formula is C15H28N2O3S. The lowest BCUT2D eigenvalue weighted by Gasteiger charge is -2.26. The van der Waals surface area contributed by atoms with E-state index in [0.717, 1.165) is 0 Å². The summed E-state index contributed by atoms with van der Waals surface area (Å²) in [4.78, 5) is 0.262. The Bertz CT molecular complexity index is 561. The largest absolute Gasteiger partial charge is 0.464 e. The smallest absolute Gasteiger partial charge is 0.246 e. The van der Waals surface area contributed by atoms with E-state index in [9.17, 15) is 8.42 Å². The Morgan fingerprint density at radius 1 is 1.24 bits per heavy atom. The normalized spacial score (nSPS) is 14.4. The van der Waals surface area contributed by atoms with E-state index in [4.69, 9.17) is 4.42 Å². The van der Waals surface area contributed by atoms with Gasteiger partial charge in [-0.2, -0.15) is 4.31 Å². The molecule has 1 aromatic heterocycles. The van der Waals surface area contributed by atoms with Gasteiger partial charge in [0, 0.05) is 25.2 Å². The van der Waals surface area contributed by atoms with Gasteiger partial charge in [0.05, 0.1) is 6.54 Å². The summed E-state index contributed by atoms with van der Waals surface area (Å²) in [6.45, 7) is 12.2. The molecule has 0 aromatic carbocycles. The van der Waals surface area contributed by atoms with Crippen LogP contribution in [0.1, 0.15) is 46.1 Å². The second kappa shape index (κ2) is 6.94. The minimum Gasteiger partial charge on any atom is -0.464 e. The summed E-state index contributed by atoms with van der Waals surface area (Å²) in [6.07, 6.45) is 0. The lowest BCUT2D eigenvalue weighted by atomic mass is 10.1. The van der Waals surface area contributed by atoms with Crippen molar-refractivity contribution < 1.29 is 12.8 Å². The van der Waals surface area contributed by atoms with Crippen LogP contribution in [-0.2, 0) is 16.6 Å². The van der Waals surface area contributed by atoms with Gasteiger partial charge in [-0.25, -0.2) is 8.42 Å². The van der Waals surface area contributed by atoms with E-state index in [-0.39, 0.29) is 16.9 Å². The molecule has 1 atom stereocenters. The van der Waals surface area contributed by atoms with Crippen LogP contribution in [0.3, 0.4) is 0 Å². The van der Waals surface area contributed by atoms with E-state index in [2.05, 4.69) is 5.32 Å². The maximum Gasteiger partial charge on any atom is 0.246 e. The number of furan rings is 1. The standard InChI is InChI=1S/C15H28N2O3S/c1-10(2)12(5)17(7)21(18,19)15-8-14(20-13(15)6)9-16-11(3)4/h8,10-12,16H,9H2,1-7H3. The van der Waals surface area contributed by atoms with Gasteiger partial charge in [0.1, 0.15) is 16.4 Å². The zero-order valence-corrected chi connectivity index (χ0v) is 14.9. The Kier molecular flexibility index (Phi) is 6.01. The van der Waals surface area contributed by atoms with Gasteiger partial charge in [0.2, 0.25) is 10.0 Å². The van der Waals surface area contributed by atoms with Crippen LogP contribution in [0.2, 0.25) is 0 Å². The molecule has 0 spiro atoms. The number of aryl methyl sites for hydroxylation is 1. The molecule has 1 unspecified atom stereocenters. The summed E-state index contributed by atoms with van der Waals surface area (Å²) in [5.41, 5.74) is 0. The third kappa shape index (κ3) is 4.31. The Balaban J connectivity index is 3.03. The molecule has 0 saturated heterocycles. The first-order valence-electron chi connectivity index (χ1n) is 7.38. The molecule has 0 aliphatic carbocycles. The molecule has 0 aliphatic rings. The number of hydrogen-bond acceptors (Lipinski definition) is 4. The van der Waals surface area contributed by atoms with Crippen molar-refractivity contribution in [3.63, 3.8) is 0 Å². The Morgan fingerprint density at radius 3 is 2.29 bits per heavy atom. The lowest BCUT2D eigenvalue weighted by molar-refractivity contribution is 0.315. The van der Waals surface area contributed by atoms with Gasteiger partial charge in [0.25, 0.3) is 0 Å². The minimum atomic E-state index is -3.52. The van der Waals surface area contributed by atoms with Crippen LogP contribution in [0, 0.1) is 12.8 Å². The first kappa shape index (κ1) is 18.2. The van der Waals surface area contributed by atoms with E-state index in [1.165, 1.54) is 4.31 Å². The van der Waals surface area contributed by atoms with E-state index in [0.29, 0.717) is 24.1 Å². The minimum absolute atomic E-state index is 0.0680. The molecule has 5 nitrogen and oxygen atoms in total. The fourth-order valence-corrected chi connectivity index (χ4v) is 3.64. The molecule has 0 bridgehead atoms. The first-order chi connectivity index (χ1) is 9.57. The van der Waals surface area contributed by atoms with Crippen molar-refractivity contribution in [2.45, 2.75) is 65.1 Å². The molecule has 0 saturated carbocycles. The van der Waals surface area contributed by atoms with Crippen LogP contribution >= 0.6 is 0 Å². The first-order valence-corrected chi connectivity index (χ1v) is 8.82. The van der Waals surface area contributed by atoms with Crippen LogP contribution in [0.25, 0.3) is 0 Å². The topological polar surface area (TPSA) is 62.6 Å². The summed E-state index contributed by atoms with van der Waals surface area (Å²) in [5, 5.41) is 3.22. The van der Waals surface area contributed by atoms with E-state index in [1.54, 1.807) is 20.0 Å². The van der Waals surface area contributed by atoms with Crippen LogP contribution in [0.4, 0.5) is 0 Å². The van der Waals surface area contributed by atoms with Gasteiger partial charge < -0.3 is 9.73 Å². The summed E-state index contributed by atoms with van der Waals surface area (Å²) in [5.74, 6) is 1.34. The van der Waals surface area contributed by atoms with Crippen LogP contribution < -0.4 is 5.32 Å². The summed E-state index contributed by atoms with van der Waals surface area (Å²) < 4.78 is 32.4. The summed E-state index contributed by atoms with van der Waals surface area (Å²) in [7, 11) is -1.90. The van der Waals surface area contributed by atoms with Gasteiger partial charge in [-0.15, -0.1) is 0 Å². The van der Waals surface area contributed by atoms with Crippen molar-refractivity contribution in [2.24, 2.45) is 5.92 Å². The highest BCUT2D eigenvalue weighted by Crippen LogP contribution is 2.25. The van der Waals surface area contributed by atoms with E-state index >= 15 is 0 Å². The molecule has 0 fully saturated rings. The van der Waals surface area contributed by atoms with Gasteiger partial charge >= 0.3 is 0 Å². The second-order valence-corrected chi connectivity index (χ2v) is 8.14. The Hall–Kier alpha value is -0.850. The molecule has 1 N–H and O–H groups in total. The van der Waals surface area contributed by atoms with Gasteiger partial charge in [0.15, 0.2) is 0 Å². The Labute approximate surface area is 128 Å². The molecule has 6 heteroatoms. The highest BCUT2D eigenvalue weighted by molar-refractivity contribution is 7.89. The van der Waals surface area contributed by atoms with Gasteiger partial charge in [-0.3, -0.25) is 0 Å². The number of hydrogen-bond donors (Lipinski definition) is 1. The molecule has 1 rings (SSSR count). The van der Waals surface area contributed by atoms with E-state index < -0.39 is 10.0 Å². The molecule has 0 radical (unpaired) electrons. The number of nitrogens with zero attached hydrogens (tertiary/aromatic N) is 1. The van der Waals surface area contributed by atoms with Gasteiger partial charge in [-0.05, 0) is 19.8 Å². The molecular weight excluding hydrogens is 288 g/mol. The van der Waals surface area contributed by atoms with Crippen molar-refractivity contribution in [1.82, 2.24) is 9.62 Å². The van der Waals surface area contributed by atoms with E-state index in [1.807, 2.05) is 34.6 Å². The van der Waals surface area contributed by atoms with Crippen molar-refractivity contribution in [3.05, 3.63) is 17.6 Å². The highest BCUT2D eigenvalue weighted by Gasteiger charge is 2.30. The SMILES string of the molecule is Cc1oc(CNC(C)C)cc1S(=O)(=O)N(C)C(C)C(C)C. The fourth-order valence-electron chi connectivity index (χ4n) is 1.97. The van der Waals surface area contributed by atoms with Crippen LogP contribution in [-0.4, -0.2) is 31.9 Å². The van der Waals surface area contributed by atoms with Crippen LogP contribution in [0.15, 0.2) is 15.4 Å². The zero-order valence-electron chi connectivity index (χ0n) is 14.1. The van der Waals surface area contributed by atoms with Crippen molar-refractivity contribution in [1.29, 1.82) is 0 Å². The third-order valence-corrected chi connectivity index (χ3v) is 5.86. The monoisotopic (exact) mass is 316 g/mol. The summed E-state index contributed by atoms with van der Waals surface area (Å²) >= 11 is 0. The zero-order chi connectivity index (χ0) is 16.4. The maximum atomic E-state index is 12.7. The van der Waals surface area contributed by atoms with Crippen LogP contribution in [0.5, 0.6) is 0 Å². The highest BCUT2D eigenvalue weighted by atomic mass is 32.2. The molecule has 1 aromatic rings. The Morgan fingerprint density at radius 2 is 1.81 bits per heavy atom. The predicted molar refractivity (Wildman–Crippen MR) is 84.7 cm³/mol. The number of sulfonamides is 1. The maximum absolute atomic E-state index is 12.7. The summed E-state index contributed by atoms with van der Waals surface area (Å²) in [6, 6.07) is 1.88. The average Bonchev–Trinajstić information content (AvgIpc) is 2.76. The molecule has 0 amide bonds. The predicted octanol–water partition coefficient (Wildman–Crippen LogP) is 2.75. The number of nitrogens with one attached hydrogen (secondary N) is 1. The third-order valence-electron chi connectivity index (χ3n) is 3.80. The number of rotatable bonds is 7. The quantitative estimate of drug-likeness (QED) is 0.840. The van der Waals surface area contributed by atoms with Crippen molar-refractivity contribution in [2.75, 3.05) is 7.05 Å². The fraction of sp³-hybridized carbons (Fsp3) is 0.733. The molecule has 21 heavy (non-hydrogen) atoms. The van der Waals surface area contributed by atoms with Crippen molar-refractivity contribution >= 4 is 10.0 Å². The second-order valence-electron chi connectivity index (χ2n) is 6.17. The van der Waals surface area contributed by atoms with Gasteiger partial charge in [-0.1, -0.05) is 27.7 Å². The molecule has 1 heterocycles. The average molecular weight is 316 g/mol. The lowest BCUT2D eigenvalue weighted by Crippen LogP contribution is -2.38. The molecule has 0 aliphatic heterocycles.